The monoisotopic (exact) mass is 348 g/mol. The van der Waals surface area contributed by atoms with Crippen molar-refractivity contribution < 1.29 is 4.79 Å². The molecule has 1 amide bonds. The molecule has 128 valence electrons. The van der Waals surface area contributed by atoms with Crippen LogP contribution < -0.4 is 16.6 Å². The van der Waals surface area contributed by atoms with E-state index in [1.54, 1.807) is 0 Å². The van der Waals surface area contributed by atoms with E-state index in [2.05, 4.69) is 17.2 Å². The molecule has 2 aromatic rings. The molecule has 24 heavy (non-hydrogen) atoms. The van der Waals surface area contributed by atoms with E-state index in [1.807, 2.05) is 0 Å². The van der Waals surface area contributed by atoms with Gasteiger partial charge in [0.15, 0.2) is 5.13 Å². The molecule has 0 spiro atoms. The van der Waals surface area contributed by atoms with Gasteiger partial charge in [-0.2, -0.15) is 0 Å². The molecule has 0 aliphatic heterocycles. The van der Waals surface area contributed by atoms with E-state index in [0.29, 0.717) is 11.0 Å². The van der Waals surface area contributed by atoms with Crippen molar-refractivity contribution in [2.75, 3.05) is 5.32 Å². The number of fused-ring (bicyclic) bond motifs is 1. The topological polar surface area (TPSA) is 86.0 Å². The largest absolute Gasteiger partial charge is 0.331 e. The molecular formula is C16H20N4O3S. The van der Waals surface area contributed by atoms with Gasteiger partial charge in [-0.25, -0.2) is 9.78 Å². The first kappa shape index (κ1) is 16.6. The lowest BCUT2D eigenvalue weighted by atomic mass is 9.89. The SMILES string of the molecule is CCC1CCc2nc(NC(=O)Cn3ccc(=O)n(C)c3=O)sc2C1. The van der Waals surface area contributed by atoms with Crippen LogP contribution in [0, 0.1) is 5.92 Å². The number of aromatic nitrogens is 3. The summed E-state index contributed by atoms with van der Waals surface area (Å²) in [6, 6.07) is 1.27. The molecule has 1 aliphatic carbocycles. The number of thiazole rings is 1. The Morgan fingerprint density at radius 2 is 2.25 bits per heavy atom. The number of nitrogens with zero attached hydrogens (tertiary/aromatic N) is 3. The Bertz CT molecular complexity index is 880. The maximum absolute atomic E-state index is 12.2. The van der Waals surface area contributed by atoms with Gasteiger partial charge in [-0.15, -0.1) is 11.3 Å². The van der Waals surface area contributed by atoms with Crippen LogP contribution in [0.5, 0.6) is 0 Å². The molecule has 1 N–H and O–H groups in total. The van der Waals surface area contributed by atoms with Gasteiger partial charge < -0.3 is 5.32 Å². The fourth-order valence-corrected chi connectivity index (χ4v) is 4.03. The van der Waals surface area contributed by atoms with Crippen molar-refractivity contribution in [3.05, 3.63) is 43.7 Å². The Kier molecular flexibility index (Phi) is 4.66. The number of carbonyl (C=O) groups excluding carboxylic acids is 1. The van der Waals surface area contributed by atoms with E-state index in [0.717, 1.165) is 35.9 Å². The maximum atomic E-state index is 12.2. The molecule has 0 fully saturated rings. The Balaban J connectivity index is 1.70. The third-order valence-corrected chi connectivity index (χ3v) is 5.48. The van der Waals surface area contributed by atoms with Crippen LogP contribution in [0.15, 0.2) is 21.9 Å². The molecular weight excluding hydrogens is 328 g/mol. The standard InChI is InChI=1S/C16H20N4O3S/c1-3-10-4-5-11-12(8-10)24-15(17-11)18-13(21)9-20-7-6-14(22)19(2)16(20)23/h6-7,10H,3-5,8-9H2,1-2H3,(H,17,18,21). The molecule has 7 nitrogen and oxygen atoms in total. The fourth-order valence-electron chi connectivity index (χ4n) is 2.90. The quantitative estimate of drug-likeness (QED) is 0.898. The van der Waals surface area contributed by atoms with Crippen molar-refractivity contribution in [3.8, 4) is 0 Å². The Morgan fingerprint density at radius 1 is 1.46 bits per heavy atom. The lowest BCUT2D eigenvalue weighted by Gasteiger charge is -2.18. The molecule has 3 rings (SSSR count). The molecule has 8 heteroatoms. The zero-order valence-corrected chi connectivity index (χ0v) is 14.6. The second kappa shape index (κ2) is 6.72. The van der Waals surface area contributed by atoms with Crippen LogP contribution in [0.25, 0.3) is 0 Å². The molecule has 0 aromatic carbocycles. The van der Waals surface area contributed by atoms with Gasteiger partial charge in [0.05, 0.1) is 5.69 Å². The third-order valence-electron chi connectivity index (χ3n) is 4.44. The van der Waals surface area contributed by atoms with Crippen LogP contribution in [-0.2, 0) is 31.2 Å². The van der Waals surface area contributed by atoms with E-state index in [-0.39, 0.29) is 12.5 Å². The Labute approximate surface area is 143 Å². The van der Waals surface area contributed by atoms with Gasteiger partial charge in [0.25, 0.3) is 5.56 Å². The molecule has 0 saturated heterocycles. The van der Waals surface area contributed by atoms with Gasteiger partial charge in [-0.3, -0.25) is 18.7 Å². The predicted octanol–water partition coefficient (Wildman–Crippen LogP) is 1.16. The van der Waals surface area contributed by atoms with Gasteiger partial charge in [-0.05, 0) is 25.2 Å². The Morgan fingerprint density at radius 3 is 3.00 bits per heavy atom. The molecule has 1 unspecified atom stereocenters. The maximum Gasteiger partial charge on any atom is 0.331 e. The Hall–Kier alpha value is -2.22. The highest BCUT2D eigenvalue weighted by Crippen LogP contribution is 2.33. The van der Waals surface area contributed by atoms with Crippen molar-refractivity contribution in [1.29, 1.82) is 0 Å². The summed E-state index contributed by atoms with van der Waals surface area (Å²) in [5.74, 6) is 0.375. The summed E-state index contributed by atoms with van der Waals surface area (Å²) >= 11 is 1.52. The minimum Gasteiger partial charge on any atom is -0.300 e. The predicted molar refractivity (Wildman–Crippen MR) is 92.5 cm³/mol. The summed E-state index contributed by atoms with van der Waals surface area (Å²) in [4.78, 5) is 41.2. The van der Waals surface area contributed by atoms with E-state index >= 15 is 0 Å². The van der Waals surface area contributed by atoms with Crippen molar-refractivity contribution in [1.82, 2.24) is 14.1 Å². The third kappa shape index (κ3) is 3.33. The number of hydrogen-bond acceptors (Lipinski definition) is 5. The number of rotatable bonds is 4. The number of anilines is 1. The van der Waals surface area contributed by atoms with Gasteiger partial charge in [0.1, 0.15) is 6.54 Å². The van der Waals surface area contributed by atoms with Crippen LogP contribution >= 0.6 is 11.3 Å². The summed E-state index contributed by atoms with van der Waals surface area (Å²) in [6.45, 7) is 2.05. The molecule has 0 radical (unpaired) electrons. The summed E-state index contributed by atoms with van der Waals surface area (Å²) in [5.41, 5.74) is 0.177. The van der Waals surface area contributed by atoms with Gasteiger partial charge in [-0.1, -0.05) is 13.3 Å². The van der Waals surface area contributed by atoms with Crippen molar-refractivity contribution in [2.24, 2.45) is 13.0 Å². The average Bonchev–Trinajstić information content (AvgIpc) is 2.96. The first-order chi connectivity index (χ1) is 11.5. The van der Waals surface area contributed by atoms with Gasteiger partial charge in [0, 0.05) is 24.2 Å². The summed E-state index contributed by atoms with van der Waals surface area (Å²) in [5, 5.41) is 3.35. The summed E-state index contributed by atoms with van der Waals surface area (Å²) in [6.07, 6.45) is 5.63. The highest BCUT2D eigenvalue weighted by atomic mass is 32.1. The fraction of sp³-hybridized carbons (Fsp3) is 0.500. The highest BCUT2D eigenvalue weighted by molar-refractivity contribution is 7.15. The van der Waals surface area contributed by atoms with Crippen molar-refractivity contribution in [3.63, 3.8) is 0 Å². The van der Waals surface area contributed by atoms with Crippen LogP contribution in [-0.4, -0.2) is 20.0 Å². The zero-order chi connectivity index (χ0) is 17.3. The number of amides is 1. The number of aryl methyl sites for hydroxylation is 1. The highest BCUT2D eigenvalue weighted by Gasteiger charge is 2.22. The molecule has 0 bridgehead atoms. The molecule has 2 heterocycles. The number of nitrogens with one attached hydrogen (secondary N) is 1. The van der Waals surface area contributed by atoms with Crippen LogP contribution in [0.2, 0.25) is 0 Å². The second-order valence-corrected chi connectivity index (χ2v) is 7.16. The van der Waals surface area contributed by atoms with Crippen molar-refractivity contribution in [2.45, 2.75) is 39.2 Å². The second-order valence-electron chi connectivity index (χ2n) is 6.08. The smallest absolute Gasteiger partial charge is 0.300 e. The van der Waals surface area contributed by atoms with Crippen molar-refractivity contribution >= 4 is 22.4 Å². The van der Waals surface area contributed by atoms with E-state index in [9.17, 15) is 14.4 Å². The summed E-state index contributed by atoms with van der Waals surface area (Å²) in [7, 11) is 1.39. The normalized spacial score (nSPS) is 16.7. The lowest BCUT2D eigenvalue weighted by Crippen LogP contribution is -2.38. The summed E-state index contributed by atoms with van der Waals surface area (Å²) < 4.78 is 2.18. The minimum atomic E-state index is -0.512. The van der Waals surface area contributed by atoms with Crippen LogP contribution in [0.4, 0.5) is 5.13 Å². The minimum absolute atomic E-state index is 0.144. The molecule has 1 atom stereocenters. The zero-order valence-electron chi connectivity index (χ0n) is 13.7. The van der Waals surface area contributed by atoms with Crippen LogP contribution in [0.3, 0.4) is 0 Å². The van der Waals surface area contributed by atoms with E-state index in [4.69, 9.17) is 0 Å². The van der Waals surface area contributed by atoms with E-state index in [1.165, 1.54) is 40.1 Å². The van der Waals surface area contributed by atoms with E-state index < -0.39 is 11.2 Å². The van der Waals surface area contributed by atoms with Gasteiger partial charge >= 0.3 is 5.69 Å². The molecule has 0 saturated carbocycles. The average molecular weight is 348 g/mol. The first-order valence-corrected chi connectivity index (χ1v) is 8.84. The molecule has 1 aliphatic rings. The molecule has 2 aromatic heterocycles. The first-order valence-electron chi connectivity index (χ1n) is 8.02. The lowest BCUT2D eigenvalue weighted by molar-refractivity contribution is -0.116. The van der Waals surface area contributed by atoms with Gasteiger partial charge in [0.2, 0.25) is 5.91 Å². The number of carbonyl (C=O) groups is 1. The van der Waals surface area contributed by atoms with Crippen LogP contribution in [0.1, 0.15) is 30.3 Å². The number of hydrogen-bond donors (Lipinski definition) is 1.